The Morgan fingerprint density at radius 1 is 0.905 bits per heavy atom. The van der Waals surface area contributed by atoms with E-state index in [-0.39, 0.29) is 24.1 Å². The fraction of sp³-hybridized carbons (Fsp3) is 0.647. The van der Waals surface area contributed by atoms with Gasteiger partial charge < -0.3 is 9.47 Å². The molecule has 0 unspecified atom stereocenters. The highest BCUT2D eigenvalue weighted by atomic mass is 16.6. The Kier molecular flexibility index (Phi) is 8.48. The molecule has 118 valence electrons. The molecule has 4 heteroatoms. The van der Waals surface area contributed by atoms with Crippen molar-refractivity contribution in [2.75, 3.05) is 0 Å². The molecule has 21 heavy (non-hydrogen) atoms. The summed E-state index contributed by atoms with van der Waals surface area (Å²) in [5, 5.41) is 0. The van der Waals surface area contributed by atoms with Crippen molar-refractivity contribution in [3.05, 3.63) is 25.3 Å². The van der Waals surface area contributed by atoms with Gasteiger partial charge >= 0.3 is 11.9 Å². The SMILES string of the molecule is C=CCCCC(=O)O[C@H]1CCC[C@@H]1OC(=O)CCCC=C. The average Bonchev–Trinajstić information content (AvgIpc) is 2.86. The number of hydrogen-bond donors (Lipinski definition) is 0. The quantitative estimate of drug-likeness (QED) is 0.350. The van der Waals surface area contributed by atoms with E-state index in [0.29, 0.717) is 12.8 Å². The maximum Gasteiger partial charge on any atom is 0.306 e. The van der Waals surface area contributed by atoms with Crippen molar-refractivity contribution in [3.63, 3.8) is 0 Å². The van der Waals surface area contributed by atoms with Gasteiger partial charge in [0, 0.05) is 12.8 Å². The van der Waals surface area contributed by atoms with Gasteiger partial charge in [-0.05, 0) is 44.9 Å². The van der Waals surface area contributed by atoms with Crippen LogP contribution in [0, 0.1) is 0 Å². The van der Waals surface area contributed by atoms with Crippen LogP contribution in [0.3, 0.4) is 0 Å². The van der Waals surface area contributed by atoms with Crippen LogP contribution in [-0.2, 0) is 19.1 Å². The highest BCUT2D eigenvalue weighted by Gasteiger charge is 2.33. The molecule has 0 aromatic heterocycles. The smallest absolute Gasteiger partial charge is 0.306 e. The summed E-state index contributed by atoms with van der Waals surface area (Å²) in [6.45, 7) is 7.24. The van der Waals surface area contributed by atoms with E-state index in [4.69, 9.17) is 9.47 Å². The summed E-state index contributed by atoms with van der Waals surface area (Å²) in [5.74, 6) is -0.423. The van der Waals surface area contributed by atoms with Crippen molar-refractivity contribution >= 4 is 11.9 Å². The third-order valence-electron chi connectivity index (χ3n) is 3.54. The number of rotatable bonds is 10. The zero-order valence-corrected chi connectivity index (χ0v) is 12.7. The number of ether oxygens (including phenoxy) is 2. The monoisotopic (exact) mass is 294 g/mol. The molecule has 0 radical (unpaired) electrons. The number of hydrogen-bond acceptors (Lipinski definition) is 4. The Bertz CT molecular complexity index is 328. The second kappa shape index (κ2) is 10.2. The second-order valence-corrected chi connectivity index (χ2v) is 5.35. The van der Waals surface area contributed by atoms with Crippen LogP contribution in [0.25, 0.3) is 0 Å². The minimum Gasteiger partial charge on any atom is -0.458 e. The van der Waals surface area contributed by atoms with E-state index in [1.54, 1.807) is 12.2 Å². The van der Waals surface area contributed by atoms with Gasteiger partial charge in [0.25, 0.3) is 0 Å². The molecule has 0 heterocycles. The van der Waals surface area contributed by atoms with Crippen LogP contribution in [-0.4, -0.2) is 24.1 Å². The lowest BCUT2D eigenvalue weighted by molar-refractivity contribution is -0.165. The van der Waals surface area contributed by atoms with Crippen LogP contribution < -0.4 is 0 Å². The predicted octanol–water partition coefficient (Wildman–Crippen LogP) is 3.71. The topological polar surface area (TPSA) is 52.6 Å². The lowest BCUT2D eigenvalue weighted by atomic mass is 10.2. The van der Waals surface area contributed by atoms with E-state index in [1.165, 1.54) is 0 Å². The van der Waals surface area contributed by atoms with Crippen LogP contribution in [0.4, 0.5) is 0 Å². The van der Waals surface area contributed by atoms with E-state index in [9.17, 15) is 9.59 Å². The van der Waals surface area contributed by atoms with Crippen LogP contribution in [0.5, 0.6) is 0 Å². The van der Waals surface area contributed by atoms with Gasteiger partial charge in [-0.3, -0.25) is 9.59 Å². The maximum atomic E-state index is 11.7. The summed E-state index contributed by atoms with van der Waals surface area (Å²) in [4.78, 5) is 23.4. The highest BCUT2D eigenvalue weighted by Crippen LogP contribution is 2.26. The van der Waals surface area contributed by atoms with Gasteiger partial charge in [-0.1, -0.05) is 12.2 Å². The first-order chi connectivity index (χ1) is 10.2. The number of unbranched alkanes of at least 4 members (excludes halogenated alkanes) is 2. The fourth-order valence-corrected chi connectivity index (χ4v) is 2.40. The van der Waals surface area contributed by atoms with Crippen molar-refractivity contribution in [3.8, 4) is 0 Å². The molecule has 1 fully saturated rings. The van der Waals surface area contributed by atoms with Crippen molar-refractivity contribution in [2.24, 2.45) is 0 Å². The zero-order valence-electron chi connectivity index (χ0n) is 12.7. The molecule has 0 saturated heterocycles. The van der Waals surface area contributed by atoms with Crippen molar-refractivity contribution in [1.82, 2.24) is 0 Å². The first-order valence-corrected chi connectivity index (χ1v) is 7.78. The molecule has 1 aliphatic rings. The second-order valence-electron chi connectivity index (χ2n) is 5.35. The van der Waals surface area contributed by atoms with Crippen LogP contribution in [0.1, 0.15) is 57.8 Å². The molecule has 0 spiro atoms. The van der Waals surface area contributed by atoms with E-state index in [1.807, 2.05) is 0 Å². The molecule has 0 aromatic rings. The van der Waals surface area contributed by atoms with Crippen LogP contribution in [0.15, 0.2) is 25.3 Å². The molecule has 4 nitrogen and oxygen atoms in total. The molecule has 1 saturated carbocycles. The summed E-state index contributed by atoms with van der Waals surface area (Å²) < 4.78 is 10.9. The normalized spacial score (nSPS) is 20.8. The molecule has 1 aliphatic carbocycles. The van der Waals surface area contributed by atoms with Crippen molar-refractivity contribution in [2.45, 2.75) is 70.0 Å². The Morgan fingerprint density at radius 2 is 1.33 bits per heavy atom. The van der Waals surface area contributed by atoms with Gasteiger partial charge in [0.05, 0.1) is 0 Å². The maximum absolute atomic E-state index is 11.7. The summed E-state index contributed by atoms with van der Waals surface area (Å²) in [6.07, 6.45) is 9.41. The van der Waals surface area contributed by atoms with Gasteiger partial charge in [-0.2, -0.15) is 0 Å². The molecule has 0 bridgehead atoms. The highest BCUT2D eigenvalue weighted by molar-refractivity contribution is 5.70. The standard InChI is InChI=1S/C17H26O4/c1-3-5-7-12-16(18)20-14-10-9-11-15(14)21-17(19)13-8-6-4-2/h3-4,14-15H,1-2,5-13H2/t14-,15-/m0/s1. The van der Waals surface area contributed by atoms with Gasteiger partial charge in [-0.15, -0.1) is 13.2 Å². The largest absolute Gasteiger partial charge is 0.458 e. The van der Waals surface area contributed by atoms with Gasteiger partial charge in [-0.25, -0.2) is 0 Å². The first-order valence-electron chi connectivity index (χ1n) is 7.78. The minimum absolute atomic E-state index is 0.212. The van der Waals surface area contributed by atoms with Crippen molar-refractivity contribution < 1.29 is 19.1 Å². The lowest BCUT2D eigenvalue weighted by Crippen LogP contribution is -2.30. The summed E-state index contributed by atoms with van der Waals surface area (Å²) >= 11 is 0. The van der Waals surface area contributed by atoms with Crippen molar-refractivity contribution in [1.29, 1.82) is 0 Å². The Balaban J connectivity index is 2.30. The van der Waals surface area contributed by atoms with Gasteiger partial charge in [0.1, 0.15) is 12.2 Å². The van der Waals surface area contributed by atoms with Gasteiger partial charge in [0.15, 0.2) is 0 Å². The first kappa shape index (κ1) is 17.5. The molecule has 0 N–H and O–H groups in total. The Labute approximate surface area is 127 Å². The summed E-state index contributed by atoms with van der Waals surface area (Å²) in [5.41, 5.74) is 0. The van der Waals surface area contributed by atoms with Crippen LogP contribution in [0.2, 0.25) is 0 Å². The Hall–Kier alpha value is -1.58. The third-order valence-corrected chi connectivity index (χ3v) is 3.54. The number of esters is 2. The van der Waals surface area contributed by atoms with E-state index >= 15 is 0 Å². The lowest BCUT2D eigenvalue weighted by Gasteiger charge is -2.20. The van der Waals surface area contributed by atoms with E-state index in [2.05, 4.69) is 13.2 Å². The Morgan fingerprint density at radius 3 is 1.71 bits per heavy atom. The summed E-state index contributed by atoms with van der Waals surface area (Å²) in [6, 6.07) is 0. The third kappa shape index (κ3) is 7.11. The summed E-state index contributed by atoms with van der Waals surface area (Å²) in [7, 11) is 0. The van der Waals surface area contributed by atoms with E-state index in [0.717, 1.165) is 44.9 Å². The van der Waals surface area contributed by atoms with E-state index < -0.39 is 0 Å². The predicted molar refractivity (Wildman–Crippen MR) is 81.7 cm³/mol. The number of allylic oxidation sites excluding steroid dienone is 2. The minimum atomic E-state index is -0.274. The average molecular weight is 294 g/mol. The number of carbonyl (C=O) groups excluding carboxylic acids is 2. The van der Waals surface area contributed by atoms with Gasteiger partial charge in [0.2, 0.25) is 0 Å². The number of carbonyl (C=O) groups is 2. The molecule has 0 amide bonds. The zero-order chi connectivity index (χ0) is 15.5. The molecule has 1 rings (SSSR count). The molecule has 0 aromatic carbocycles. The molecule has 0 aliphatic heterocycles. The molecular formula is C17H26O4. The molecular weight excluding hydrogens is 268 g/mol. The molecule has 2 atom stereocenters. The van der Waals surface area contributed by atoms with Crippen LogP contribution >= 0.6 is 0 Å². The fourth-order valence-electron chi connectivity index (χ4n) is 2.40.